The van der Waals surface area contributed by atoms with Crippen LogP contribution in [0.15, 0.2) is 22.2 Å². The number of unbranched alkanes of at least 4 members (excludes halogenated alkanes) is 1. The van der Waals surface area contributed by atoms with Gasteiger partial charge in [-0.25, -0.2) is 4.98 Å². The van der Waals surface area contributed by atoms with Crippen molar-refractivity contribution in [2.24, 2.45) is 5.41 Å². The number of carboxylic acid groups (broad SMARTS) is 1. The van der Waals surface area contributed by atoms with Crippen LogP contribution in [0.5, 0.6) is 0 Å². The van der Waals surface area contributed by atoms with Crippen molar-refractivity contribution < 1.29 is 9.90 Å². The van der Waals surface area contributed by atoms with E-state index >= 15 is 0 Å². The Balaban J connectivity index is 2.24. The maximum absolute atomic E-state index is 11.0. The van der Waals surface area contributed by atoms with Crippen LogP contribution >= 0.6 is 11.8 Å². The molecule has 1 aromatic heterocycles. The van der Waals surface area contributed by atoms with Gasteiger partial charge in [0.25, 0.3) is 5.56 Å². The molecule has 1 heterocycles. The normalized spacial score (nSPS) is 11.4. The first kappa shape index (κ1) is 14.8. The lowest BCUT2D eigenvalue weighted by atomic mass is 9.88. The largest absolute Gasteiger partial charge is 0.481 e. The zero-order valence-electron chi connectivity index (χ0n) is 10.6. The minimum atomic E-state index is -0.760. The smallest absolute Gasteiger partial charge is 0.309 e. The molecule has 0 saturated heterocycles. The molecule has 5 nitrogen and oxygen atoms in total. The molecule has 18 heavy (non-hydrogen) atoms. The fourth-order valence-electron chi connectivity index (χ4n) is 1.37. The molecule has 0 saturated carbocycles. The van der Waals surface area contributed by atoms with Gasteiger partial charge >= 0.3 is 5.97 Å². The molecule has 100 valence electrons. The van der Waals surface area contributed by atoms with Crippen molar-refractivity contribution >= 4 is 17.7 Å². The van der Waals surface area contributed by atoms with E-state index in [4.69, 9.17) is 5.11 Å². The van der Waals surface area contributed by atoms with Gasteiger partial charge in [0.1, 0.15) is 0 Å². The van der Waals surface area contributed by atoms with Gasteiger partial charge in [-0.1, -0.05) is 18.2 Å². The van der Waals surface area contributed by atoms with Crippen molar-refractivity contribution in [3.05, 3.63) is 22.6 Å². The zero-order chi connectivity index (χ0) is 13.6. The van der Waals surface area contributed by atoms with E-state index in [2.05, 4.69) is 9.97 Å². The van der Waals surface area contributed by atoms with Gasteiger partial charge in [0, 0.05) is 18.0 Å². The van der Waals surface area contributed by atoms with Gasteiger partial charge in [-0.2, -0.15) is 0 Å². The minimum Gasteiger partial charge on any atom is -0.481 e. The number of aromatic amines is 1. The number of H-pyrrole nitrogens is 1. The van der Waals surface area contributed by atoms with Gasteiger partial charge in [-0.05, 0) is 26.7 Å². The molecule has 0 atom stereocenters. The van der Waals surface area contributed by atoms with E-state index in [0.717, 1.165) is 18.6 Å². The summed E-state index contributed by atoms with van der Waals surface area (Å²) < 4.78 is 0. The van der Waals surface area contributed by atoms with Crippen molar-refractivity contribution in [1.82, 2.24) is 9.97 Å². The molecule has 0 amide bonds. The molecule has 0 aliphatic heterocycles. The van der Waals surface area contributed by atoms with Gasteiger partial charge in [-0.15, -0.1) is 0 Å². The van der Waals surface area contributed by atoms with Crippen molar-refractivity contribution in [3.8, 4) is 0 Å². The second kappa shape index (κ2) is 6.58. The fraction of sp³-hybridized carbons (Fsp3) is 0.583. The van der Waals surface area contributed by atoms with E-state index in [1.165, 1.54) is 24.0 Å². The number of hydrogen-bond acceptors (Lipinski definition) is 4. The van der Waals surface area contributed by atoms with Crippen LogP contribution in [-0.4, -0.2) is 26.8 Å². The molecule has 0 aromatic carbocycles. The fourth-order valence-corrected chi connectivity index (χ4v) is 2.22. The topological polar surface area (TPSA) is 83.0 Å². The van der Waals surface area contributed by atoms with E-state index in [9.17, 15) is 9.59 Å². The maximum atomic E-state index is 11.0. The van der Waals surface area contributed by atoms with Crippen LogP contribution in [0.25, 0.3) is 0 Å². The van der Waals surface area contributed by atoms with Crippen molar-refractivity contribution in [2.45, 2.75) is 38.3 Å². The number of thioether (sulfide) groups is 1. The molecule has 0 fully saturated rings. The summed E-state index contributed by atoms with van der Waals surface area (Å²) in [6.45, 7) is 3.47. The highest BCUT2D eigenvalue weighted by atomic mass is 32.2. The second-order valence-corrected chi connectivity index (χ2v) is 5.82. The monoisotopic (exact) mass is 270 g/mol. The summed E-state index contributed by atoms with van der Waals surface area (Å²) in [4.78, 5) is 28.6. The number of rotatable bonds is 7. The lowest BCUT2D eigenvalue weighted by molar-refractivity contribution is -0.147. The third-order valence-corrected chi connectivity index (χ3v) is 3.64. The number of carbonyl (C=O) groups is 1. The van der Waals surface area contributed by atoms with Gasteiger partial charge in [-0.3, -0.25) is 9.59 Å². The van der Waals surface area contributed by atoms with Crippen LogP contribution in [0, 0.1) is 5.41 Å². The Morgan fingerprint density at radius 2 is 2.22 bits per heavy atom. The molecule has 0 spiro atoms. The second-order valence-electron chi connectivity index (χ2n) is 4.73. The summed E-state index contributed by atoms with van der Waals surface area (Å²) in [6, 6.07) is 1.37. The third kappa shape index (κ3) is 4.91. The molecule has 6 heteroatoms. The Bertz CT molecular complexity index is 457. The van der Waals surface area contributed by atoms with Crippen molar-refractivity contribution in [3.63, 3.8) is 0 Å². The quantitative estimate of drug-likeness (QED) is 0.450. The molecule has 0 aliphatic rings. The first-order chi connectivity index (χ1) is 8.42. The zero-order valence-corrected chi connectivity index (χ0v) is 11.4. The average molecular weight is 270 g/mol. The molecule has 0 aliphatic carbocycles. The highest BCUT2D eigenvalue weighted by molar-refractivity contribution is 7.99. The SMILES string of the molecule is CC(C)(CCCCSc1nccc(=O)[nH]1)C(=O)O. The van der Waals surface area contributed by atoms with Crippen LogP contribution < -0.4 is 5.56 Å². The standard InChI is InChI=1S/C12H18N2O3S/c1-12(2,10(16)17)6-3-4-8-18-11-13-7-5-9(15)14-11/h5,7H,3-4,6,8H2,1-2H3,(H,16,17)(H,13,14,15). The van der Waals surface area contributed by atoms with Crippen molar-refractivity contribution in [1.29, 1.82) is 0 Å². The van der Waals surface area contributed by atoms with Crippen LogP contribution in [0.1, 0.15) is 33.1 Å². The molecular formula is C12H18N2O3S. The molecule has 0 radical (unpaired) electrons. The van der Waals surface area contributed by atoms with Crippen LogP contribution in [0.3, 0.4) is 0 Å². The van der Waals surface area contributed by atoms with Crippen LogP contribution in [0.2, 0.25) is 0 Å². The van der Waals surface area contributed by atoms with E-state index in [1.807, 2.05) is 0 Å². The van der Waals surface area contributed by atoms with Gasteiger partial charge in [0.15, 0.2) is 5.16 Å². The summed E-state index contributed by atoms with van der Waals surface area (Å²) in [5.41, 5.74) is -0.816. The van der Waals surface area contributed by atoms with Gasteiger partial charge < -0.3 is 10.1 Å². The summed E-state index contributed by atoms with van der Waals surface area (Å²) in [5, 5.41) is 9.56. The summed E-state index contributed by atoms with van der Waals surface area (Å²) in [6.07, 6.45) is 3.89. The lowest BCUT2D eigenvalue weighted by Crippen LogP contribution is -2.23. The lowest BCUT2D eigenvalue weighted by Gasteiger charge is -2.18. The molecule has 1 aromatic rings. The molecule has 0 unspecified atom stereocenters. The Morgan fingerprint density at radius 3 is 2.83 bits per heavy atom. The molecule has 0 bridgehead atoms. The Kier molecular flexibility index (Phi) is 5.40. The van der Waals surface area contributed by atoms with Gasteiger partial charge in [0.2, 0.25) is 0 Å². The Morgan fingerprint density at radius 1 is 1.50 bits per heavy atom. The first-order valence-electron chi connectivity index (χ1n) is 5.83. The number of nitrogens with one attached hydrogen (secondary N) is 1. The van der Waals surface area contributed by atoms with E-state index in [-0.39, 0.29) is 5.56 Å². The van der Waals surface area contributed by atoms with Crippen LogP contribution in [-0.2, 0) is 4.79 Å². The highest BCUT2D eigenvalue weighted by Gasteiger charge is 2.25. The minimum absolute atomic E-state index is 0.153. The number of carboxylic acids is 1. The van der Waals surface area contributed by atoms with Gasteiger partial charge in [0.05, 0.1) is 5.41 Å². The number of nitrogens with zero attached hydrogens (tertiary/aromatic N) is 1. The van der Waals surface area contributed by atoms with E-state index in [1.54, 1.807) is 13.8 Å². The number of aromatic nitrogens is 2. The summed E-state index contributed by atoms with van der Waals surface area (Å²) >= 11 is 1.48. The van der Waals surface area contributed by atoms with Crippen molar-refractivity contribution in [2.75, 3.05) is 5.75 Å². The molecule has 2 N–H and O–H groups in total. The van der Waals surface area contributed by atoms with E-state index in [0.29, 0.717) is 11.6 Å². The maximum Gasteiger partial charge on any atom is 0.309 e. The Hall–Kier alpha value is -1.30. The third-order valence-electron chi connectivity index (χ3n) is 2.66. The molecular weight excluding hydrogens is 252 g/mol. The molecule has 1 rings (SSSR count). The summed E-state index contributed by atoms with van der Waals surface area (Å²) in [5.74, 6) is 0.0621. The van der Waals surface area contributed by atoms with E-state index < -0.39 is 11.4 Å². The van der Waals surface area contributed by atoms with Crippen LogP contribution in [0.4, 0.5) is 0 Å². The average Bonchev–Trinajstić information content (AvgIpc) is 2.28. The summed E-state index contributed by atoms with van der Waals surface area (Å²) in [7, 11) is 0. The predicted octanol–water partition coefficient (Wildman–Crippen LogP) is 2.14. The first-order valence-corrected chi connectivity index (χ1v) is 6.82. The number of hydrogen-bond donors (Lipinski definition) is 2. The number of aliphatic carboxylic acids is 1. The predicted molar refractivity (Wildman–Crippen MR) is 70.8 cm³/mol. The Labute approximate surface area is 110 Å². The highest BCUT2D eigenvalue weighted by Crippen LogP contribution is 2.24.